The minimum atomic E-state index is 0.834. The smallest absolute Gasteiger partial charge is 0.115 e. The van der Waals surface area contributed by atoms with Crippen LogP contribution in [-0.4, -0.2) is 28.0 Å². The molecule has 3 nitrogen and oxygen atoms in total. The molecule has 0 aliphatic carbocycles. The van der Waals surface area contributed by atoms with Crippen LogP contribution in [0, 0.1) is 5.92 Å². The molecule has 20 heavy (non-hydrogen) atoms. The van der Waals surface area contributed by atoms with Crippen LogP contribution in [0.15, 0.2) is 49.1 Å². The molecule has 0 bridgehead atoms. The largest absolute Gasteiger partial charge is 0.299 e. The molecule has 1 aromatic carbocycles. The van der Waals surface area contributed by atoms with Crippen molar-refractivity contribution in [2.45, 2.75) is 25.8 Å². The fourth-order valence-electron chi connectivity index (χ4n) is 2.97. The van der Waals surface area contributed by atoms with Crippen molar-refractivity contribution in [2.24, 2.45) is 5.92 Å². The lowest BCUT2D eigenvalue weighted by molar-refractivity contribution is 0.176. The van der Waals surface area contributed by atoms with Crippen molar-refractivity contribution in [1.29, 1.82) is 0 Å². The minimum absolute atomic E-state index is 0.834. The lowest BCUT2D eigenvalue weighted by Gasteiger charge is -2.31. The molecule has 3 heteroatoms. The Morgan fingerprint density at radius 3 is 2.35 bits per heavy atom. The maximum Gasteiger partial charge on any atom is 0.115 e. The molecular formula is C17H21N3. The van der Waals surface area contributed by atoms with Gasteiger partial charge in [-0.25, -0.2) is 9.97 Å². The van der Waals surface area contributed by atoms with Crippen molar-refractivity contribution in [3.8, 4) is 0 Å². The van der Waals surface area contributed by atoms with Crippen molar-refractivity contribution >= 4 is 0 Å². The topological polar surface area (TPSA) is 29.0 Å². The van der Waals surface area contributed by atoms with E-state index in [0.29, 0.717) is 0 Å². The van der Waals surface area contributed by atoms with E-state index in [1.54, 1.807) is 6.33 Å². The molecule has 1 aliphatic heterocycles. The number of rotatable bonds is 4. The zero-order valence-corrected chi connectivity index (χ0v) is 11.8. The zero-order valence-electron chi connectivity index (χ0n) is 11.8. The molecular weight excluding hydrogens is 246 g/mol. The highest BCUT2D eigenvalue weighted by Crippen LogP contribution is 2.22. The lowest BCUT2D eigenvalue weighted by Crippen LogP contribution is -2.33. The van der Waals surface area contributed by atoms with E-state index < -0.39 is 0 Å². The normalized spacial score (nSPS) is 17.2. The highest BCUT2D eigenvalue weighted by molar-refractivity contribution is 5.15. The average molecular weight is 267 g/mol. The molecule has 0 N–H and O–H groups in total. The summed E-state index contributed by atoms with van der Waals surface area (Å²) < 4.78 is 0. The van der Waals surface area contributed by atoms with Crippen LogP contribution in [0.2, 0.25) is 0 Å². The standard InChI is InChI=1S/C17H21N3/c1-2-4-15(5-3-1)10-16-6-8-20(9-7-16)13-17-11-18-14-19-12-17/h1-5,11-12,14,16H,6-10,13H2. The Balaban J connectivity index is 1.47. The van der Waals surface area contributed by atoms with Crippen LogP contribution in [0.25, 0.3) is 0 Å². The third-order valence-corrected chi connectivity index (χ3v) is 4.09. The molecule has 0 amide bonds. The minimum Gasteiger partial charge on any atom is -0.299 e. The third-order valence-electron chi connectivity index (χ3n) is 4.09. The summed E-state index contributed by atoms with van der Waals surface area (Å²) >= 11 is 0. The summed E-state index contributed by atoms with van der Waals surface area (Å²) in [6, 6.07) is 10.9. The van der Waals surface area contributed by atoms with Gasteiger partial charge in [-0.3, -0.25) is 4.90 Å². The van der Waals surface area contributed by atoms with Crippen molar-refractivity contribution in [1.82, 2.24) is 14.9 Å². The summed E-state index contributed by atoms with van der Waals surface area (Å²) in [5.74, 6) is 0.834. The quantitative estimate of drug-likeness (QED) is 0.853. The third kappa shape index (κ3) is 3.64. The van der Waals surface area contributed by atoms with Crippen LogP contribution < -0.4 is 0 Å². The van der Waals surface area contributed by atoms with Gasteiger partial charge in [0.05, 0.1) is 0 Å². The van der Waals surface area contributed by atoms with E-state index in [9.17, 15) is 0 Å². The van der Waals surface area contributed by atoms with Gasteiger partial charge in [-0.1, -0.05) is 30.3 Å². The van der Waals surface area contributed by atoms with E-state index in [1.807, 2.05) is 12.4 Å². The van der Waals surface area contributed by atoms with Crippen LogP contribution in [-0.2, 0) is 13.0 Å². The number of benzene rings is 1. The van der Waals surface area contributed by atoms with E-state index in [-0.39, 0.29) is 0 Å². The Morgan fingerprint density at radius 2 is 1.65 bits per heavy atom. The van der Waals surface area contributed by atoms with Gasteiger partial charge in [0.2, 0.25) is 0 Å². The maximum atomic E-state index is 4.08. The Labute approximate surface area is 120 Å². The maximum absolute atomic E-state index is 4.08. The summed E-state index contributed by atoms with van der Waals surface area (Å²) in [4.78, 5) is 10.7. The molecule has 0 unspecified atom stereocenters. The monoisotopic (exact) mass is 267 g/mol. The molecule has 0 saturated carbocycles. The van der Waals surface area contributed by atoms with Gasteiger partial charge in [0.25, 0.3) is 0 Å². The Kier molecular flexibility index (Phi) is 4.38. The first-order valence-corrected chi connectivity index (χ1v) is 7.40. The summed E-state index contributed by atoms with van der Waals surface area (Å²) in [5, 5.41) is 0. The zero-order chi connectivity index (χ0) is 13.6. The van der Waals surface area contributed by atoms with Gasteiger partial charge < -0.3 is 0 Å². The van der Waals surface area contributed by atoms with Gasteiger partial charge in [-0.15, -0.1) is 0 Å². The summed E-state index contributed by atoms with van der Waals surface area (Å²) in [7, 11) is 0. The number of likely N-dealkylation sites (tertiary alicyclic amines) is 1. The van der Waals surface area contributed by atoms with E-state index >= 15 is 0 Å². The van der Waals surface area contributed by atoms with Crippen LogP contribution in [0.1, 0.15) is 24.0 Å². The van der Waals surface area contributed by atoms with Gasteiger partial charge in [0, 0.05) is 24.5 Å². The Morgan fingerprint density at radius 1 is 0.950 bits per heavy atom. The number of aromatic nitrogens is 2. The predicted molar refractivity (Wildman–Crippen MR) is 80.2 cm³/mol. The second-order valence-electron chi connectivity index (χ2n) is 5.66. The summed E-state index contributed by atoms with van der Waals surface area (Å²) in [6.07, 6.45) is 9.25. The van der Waals surface area contributed by atoms with E-state index in [0.717, 1.165) is 12.5 Å². The van der Waals surface area contributed by atoms with Gasteiger partial charge in [0.15, 0.2) is 0 Å². The van der Waals surface area contributed by atoms with Crippen LogP contribution in [0.5, 0.6) is 0 Å². The molecule has 2 heterocycles. The first-order valence-electron chi connectivity index (χ1n) is 7.40. The molecule has 1 aromatic heterocycles. The van der Waals surface area contributed by atoms with Gasteiger partial charge in [-0.05, 0) is 43.8 Å². The Hall–Kier alpha value is -1.74. The number of nitrogens with zero attached hydrogens (tertiary/aromatic N) is 3. The predicted octanol–water partition coefficient (Wildman–Crippen LogP) is 2.93. The van der Waals surface area contributed by atoms with Gasteiger partial charge in [-0.2, -0.15) is 0 Å². The van der Waals surface area contributed by atoms with Crippen molar-refractivity contribution in [3.63, 3.8) is 0 Å². The van der Waals surface area contributed by atoms with Gasteiger partial charge in [0.1, 0.15) is 6.33 Å². The van der Waals surface area contributed by atoms with Crippen LogP contribution in [0.3, 0.4) is 0 Å². The van der Waals surface area contributed by atoms with Crippen LogP contribution >= 0.6 is 0 Å². The molecule has 0 atom stereocenters. The molecule has 104 valence electrons. The van der Waals surface area contributed by atoms with Crippen molar-refractivity contribution in [3.05, 3.63) is 60.2 Å². The molecule has 2 aromatic rings. The number of hydrogen-bond donors (Lipinski definition) is 0. The summed E-state index contributed by atoms with van der Waals surface area (Å²) in [6.45, 7) is 3.36. The summed E-state index contributed by atoms with van der Waals surface area (Å²) in [5.41, 5.74) is 2.69. The van der Waals surface area contributed by atoms with Crippen molar-refractivity contribution < 1.29 is 0 Å². The highest BCUT2D eigenvalue weighted by Gasteiger charge is 2.19. The second kappa shape index (κ2) is 6.62. The van der Waals surface area contributed by atoms with Gasteiger partial charge >= 0.3 is 0 Å². The second-order valence-corrected chi connectivity index (χ2v) is 5.66. The van der Waals surface area contributed by atoms with E-state index in [2.05, 4.69) is 45.2 Å². The molecule has 0 spiro atoms. The van der Waals surface area contributed by atoms with Crippen LogP contribution in [0.4, 0.5) is 0 Å². The molecule has 1 fully saturated rings. The number of piperidine rings is 1. The Bertz CT molecular complexity index is 455. The lowest BCUT2D eigenvalue weighted by atomic mass is 9.90. The fraction of sp³-hybridized carbons (Fsp3) is 0.412. The number of hydrogen-bond acceptors (Lipinski definition) is 3. The molecule has 1 saturated heterocycles. The fourth-order valence-corrected chi connectivity index (χ4v) is 2.97. The SMILES string of the molecule is c1ccc(CC2CCN(Cc3cncnc3)CC2)cc1. The van der Waals surface area contributed by atoms with E-state index in [1.165, 1.54) is 43.5 Å². The van der Waals surface area contributed by atoms with Crippen molar-refractivity contribution in [2.75, 3.05) is 13.1 Å². The molecule has 3 rings (SSSR count). The molecule has 1 aliphatic rings. The van der Waals surface area contributed by atoms with E-state index in [4.69, 9.17) is 0 Å². The highest BCUT2D eigenvalue weighted by atomic mass is 15.1. The average Bonchev–Trinajstić information content (AvgIpc) is 2.51. The first kappa shape index (κ1) is 13.3. The first-order chi connectivity index (χ1) is 9.90. The molecule has 0 radical (unpaired) electrons.